The molecule has 0 spiro atoms. The summed E-state index contributed by atoms with van der Waals surface area (Å²) in [5.41, 5.74) is 1.75. The molecule has 136 valence electrons. The molecule has 0 aromatic carbocycles. The normalized spacial score (nSPS) is 19.0. The zero-order valence-corrected chi connectivity index (χ0v) is 15.7. The number of hydrogen-bond acceptors (Lipinski definition) is 6. The molecule has 1 aliphatic rings. The van der Waals surface area contributed by atoms with Crippen molar-refractivity contribution in [3.8, 4) is 0 Å². The highest BCUT2D eigenvalue weighted by atomic mass is 32.1. The Morgan fingerprint density at radius 1 is 1.42 bits per heavy atom. The van der Waals surface area contributed by atoms with Crippen LogP contribution in [0.3, 0.4) is 0 Å². The number of aliphatic hydroxyl groups is 1. The molecular formula is C19H22N4O2S. The van der Waals surface area contributed by atoms with Crippen LogP contribution in [0.4, 0.5) is 5.82 Å². The van der Waals surface area contributed by atoms with Crippen LogP contribution in [0.5, 0.6) is 0 Å². The predicted molar refractivity (Wildman–Crippen MR) is 103 cm³/mol. The van der Waals surface area contributed by atoms with Crippen LogP contribution < -0.4 is 10.5 Å². The Labute approximate surface area is 155 Å². The van der Waals surface area contributed by atoms with E-state index in [1.54, 1.807) is 28.0 Å². The van der Waals surface area contributed by atoms with Gasteiger partial charge in [-0.05, 0) is 38.3 Å². The van der Waals surface area contributed by atoms with Gasteiger partial charge < -0.3 is 10.0 Å². The van der Waals surface area contributed by atoms with Crippen LogP contribution in [-0.4, -0.2) is 32.6 Å². The van der Waals surface area contributed by atoms with Crippen LogP contribution in [0.25, 0.3) is 4.96 Å². The van der Waals surface area contributed by atoms with E-state index < -0.39 is 0 Å². The van der Waals surface area contributed by atoms with Gasteiger partial charge in [0.15, 0.2) is 4.96 Å². The Morgan fingerprint density at radius 2 is 2.27 bits per heavy atom. The Hall–Kier alpha value is -2.25. The van der Waals surface area contributed by atoms with Gasteiger partial charge in [-0.1, -0.05) is 6.07 Å². The molecule has 0 unspecified atom stereocenters. The minimum absolute atomic E-state index is 0.0370. The van der Waals surface area contributed by atoms with Crippen LogP contribution in [0.1, 0.15) is 35.5 Å². The van der Waals surface area contributed by atoms with E-state index in [2.05, 4.69) is 16.8 Å². The Kier molecular flexibility index (Phi) is 4.50. The minimum Gasteiger partial charge on any atom is -0.396 e. The molecule has 3 heterocycles. The number of anilines is 1. The first-order valence-electron chi connectivity index (χ1n) is 8.91. The molecule has 1 fully saturated rings. The Balaban J connectivity index is 1.69. The number of fused-ring (bicyclic) bond motifs is 1. The molecule has 26 heavy (non-hydrogen) atoms. The maximum absolute atomic E-state index is 12.8. The molecule has 4 rings (SSSR count). The number of pyridine rings is 1. The van der Waals surface area contributed by atoms with Gasteiger partial charge in [0.1, 0.15) is 5.82 Å². The molecule has 0 radical (unpaired) electrons. The Morgan fingerprint density at radius 3 is 2.92 bits per heavy atom. The molecule has 1 N–H and O–H groups in total. The summed E-state index contributed by atoms with van der Waals surface area (Å²) in [6, 6.07) is 7.44. The first-order valence-corrected chi connectivity index (χ1v) is 9.72. The van der Waals surface area contributed by atoms with E-state index in [0.29, 0.717) is 6.54 Å². The number of hydrogen-bond donors (Lipinski definition) is 1. The number of aryl methyl sites for hydroxylation is 1. The molecule has 1 aliphatic carbocycles. The molecule has 0 saturated heterocycles. The van der Waals surface area contributed by atoms with E-state index in [1.165, 1.54) is 0 Å². The fraction of sp³-hybridized carbons (Fsp3) is 0.421. The van der Waals surface area contributed by atoms with Crippen LogP contribution >= 0.6 is 11.3 Å². The number of nitrogens with zero attached hydrogens (tertiary/aromatic N) is 4. The third kappa shape index (κ3) is 3.01. The molecule has 2 atom stereocenters. The van der Waals surface area contributed by atoms with E-state index >= 15 is 0 Å². The molecule has 1 saturated carbocycles. The highest BCUT2D eigenvalue weighted by molar-refractivity contribution is 7.17. The lowest BCUT2D eigenvalue weighted by Crippen LogP contribution is -2.25. The zero-order chi connectivity index (χ0) is 18.3. The monoisotopic (exact) mass is 370 g/mol. The van der Waals surface area contributed by atoms with Crippen molar-refractivity contribution in [1.82, 2.24) is 14.4 Å². The number of rotatable bonds is 6. The standard InChI is InChI=1S/C19H22N4O2S/c1-3-22(16-6-4-5-7-20-16)10-14-9-17(25)23-18(15-8-13(15)11-24)12(2)26-19(23)21-14/h4-7,9,13,15,24H,3,8,10-11H2,1-2H3/t13-,15+/m0/s1. The van der Waals surface area contributed by atoms with E-state index in [1.807, 2.05) is 25.1 Å². The highest BCUT2D eigenvalue weighted by Gasteiger charge is 2.41. The van der Waals surface area contributed by atoms with Crippen molar-refractivity contribution >= 4 is 22.1 Å². The molecule has 3 aromatic rings. The summed E-state index contributed by atoms with van der Waals surface area (Å²) in [7, 11) is 0. The fourth-order valence-corrected chi connectivity index (χ4v) is 4.59. The summed E-state index contributed by atoms with van der Waals surface area (Å²) in [6.07, 6.45) is 2.71. The number of aromatic nitrogens is 3. The first-order chi connectivity index (χ1) is 12.6. The smallest absolute Gasteiger partial charge is 0.259 e. The van der Waals surface area contributed by atoms with Gasteiger partial charge >= 0.3 is 0 Å². The zero-order valence-electron chi connectivity index (χ0n) is 14.9. The van der Waals surface area contributed by atoms with E-state index in [9.17, 15) is 9.90 Å². The van der Waals surface area contributed by atoms with Gasteiger partial charge in [0.2, 0.25) is 0 Å². The van der Waals surface area contributed by atoms with Crippen LogP contribution in [0.15, 0.2) is 35.3 Å². The van der Waals surface area contributed by atoms with Crippen molar-refractivity contribution < 1.29 is 5.11 Å². The lowest BCUT2D eigenvalue weighted by Gasteiger charge is -2.21. The summed E-state index contributed by atoms with van der Waals surface area (Å²) in [6.45, 7) is 5.61. The van der Waals surface area contributed by atoms with Crippen molar-refractivity contribution in [3.63, 3.8) is 0 Å². The number of aliphatic hydroxyl groups excluding tert-OH is 1. The van der Waals surface area contributed by atoms with E-state index in [0.717, 1.165) is 40.0 Å². The predicted octanol–water partition coefficient (Wildman–Crippen LogP) is 2.58. The van der Waals surface area contributed by atoms with Crippen molar-refractivity contribution in [2.45, 2.75) is 32.7 Å². The fourth-order valence-electron chi connectivity index (χ4n) is 3.53. The molecule has 0 bridgehead atoms. The third-order valence-electron chi connectivity index (χ3n) is 5.00. The Bertz CT molecular complexity index is 982. The van der Waals surface area contributed by atoms with Crippen LogP contribution in [-0.2, 0) is 6.54 Å². The van der Waals surface area contributed by atoms with E-state index in [4.69, 9.17) is 4.98 Å². The summed E-state index contributed by atoms with van der Waals surface area (Å²) in [5, 5.41) is 9.38. The lowest BCUT2D eigenvalue weighted by molar-refractivity contribution is 0.273. The molecule has 0 aliphatic heterocycles. The molecule has 7 heteroatoms. The largest absolute Gasteiger partial charge is 0.396 e. The van der Waals surface area contributed by atoms with Gasteiger partial charge in [0.05, 0.1) is 12.2 Å². The van der Waals surface area contributed by atoms with Gasteiger partial charge in [0.25, 0.3) is 5.56 Å². The molecular weight excluding hydrogens is 348 g/mol. The SMILES string of the molecule is CCN(Cc1cc(=O)n2c([C@@H]3C[C@H]3CO)c(C)sc2n1)c1ccccn1. The summed E-state index contributed by atoms with van der Waals surface area (Å²) in [5.74, 6) is 1.43. The summed E-state index contributed by atoms with van der Waals surface area (Å²) < 4.78 is 1.74. The lowest BCUT2D eigenvalue weighted by atomic mass is 10.2. The van der Waals surface area contributed by atoms with Crippen molar-refractivity contribution in [2.24, 2.45) is 5.92 Å². The average Bonchev–Trinajstić information content (AvgIpc) is 3.34. The van der Waals surface area contributed by atoms with Gasteiger partial charge in [-0.25, -0.2) is 9.97 Å². The topological polar surface area (TPSA) is 70.7 Å². The molecule has 0 amide bonds. The summed E-state index contributed by atoms with van der Waals surface area (Å²) >= 11 is 1.55. The van der Waals surface area contributed by atoms with Crippen molar-refractivity contribution in [3.05, 3.63) is 57.1 Å². The van der Waals surface area contributed by atoms with Gasteiger partial charge in [-0.15, -0.1) is 11.3 Å². The minimum atomic E-state index is -0.0370. The van der Waals surface area contributed by atoms with Gasteiger partial charge in [-0.2, -0.15) is 0 Å². The van der Waals surface area contributed by atoms with Crippen molar-refractivity contribution in [1.29, 1.82) is 0 Å². The van der Waals surface area contributed by atoms with Crippen LogP contribution in [0.2, 0.25) is 0 Å². The maximum atomic E-state index is 12.8. The second-order valence-electron chi connectivity index (χ2n) is 6.73. The molecule has 3 aromatic heterocycles. The second-order valence-corrected chi connectivity index (χ2v) is 7.92. The second kappa shape index (κ2) is 6.81. The first kappa shape index (κ1) is 17.2. The van der Waals surface area contributed by atoms with Crippen LogP contribution in [0, 0.1) is 12.8 Å². The van der Waals surface area contributed by atoms with Crippen molar-refractivity contribution in [2.75, 3.05) is 18.1 Å². The van der Waals surface area contributed by atoms with Gasteiger partial charge in [0, 0.05) is 41.9 Å². The van der Waals surface area contributed by atoms with Gasteiger partial charge in [-0.3, -0.25) is 9.20 Å². The summed E-state index contributed by atoms with van der Waals surface area (Å²) in [4.78, 5) is 25.9. The molecule has 6 nitrogen and oxygen atoms in total. The number of thiazole rings is 1. The average molecular weight is 370 g/mol. The highest BCUT2D eigenvalue weighted by Crippen LogP contribution is 2.49. The van der Waals surface area contributed by atoms with E-state index in [-0.39, 0.29) is 24.0 Å². The maximum Gasteiger partial charge on any atom is 0.259 e. The quantitative estimate of drug-likeness (QED) is 0.722. The third-order valence-corrected chi connectivity index (χ3v) is 5.97.